The van der Waals surface area contributed by atoms with Gasteiger partial charge in [-0.25, -0.2) is 0 Å². The van der Waals surface area contributed by atoms with E-state index in [1.165, 1.54) is 11.3 Å². The molecule has 4 aromatic rings. The Morgan fingerprint density at radius 1 is 0.833 bits per heavy atom. The average molecular weight is 437 g/mol. The van der Waals surface area contributed by atoms with Crippen molar-refractivity contribution in [3.05, 3.63) is 99.9 Å². The van der Waals surface area contributed by atoms with Gasteiger partial charge in [-0.3, -0.25) is 20.4 Å². The van der Waals surface area contributed by atoms with E-state index in [1.807, 2.05) is 54.6 Å². The van der Waals surface area contributed by atoms with Crippen molar-refractivity contribution < 1.29 is 14.3 Å². The molecule has 0 aliphatic carbocycles. The lowest BCUT2D eigenvalue weighted by Crippen LogP contribution is -2.41. The van der Waals surface area contributed by atoms with Crippen LogP contribution in [0.5, 0.6) is 5.75 Å². The van der Waals surface area contributed by atoms with E-state index in [9.17, 15) is 9.59 Å². The fraction of sp³-hybridized carbons (Fsp3) is 0.0435. The van der Waals surface area contributed by atoms with Crippen LogP contribution in [-0.4, -0.2) is 11.8 Å². The number of hydrogen-bond acceptors (Lipinski definition) is 4. The highest BCUT2D eigenvalue weighted by atomic mass is 35.5. The first kappa shape index (κ1) is 19.9. The Balaban J connectivity index is 1.43. The van der Waals surface area contributed by atoms with Crippen LogP contribution in [0.2, 0.25) is 5.02 Å². The molecule has 150 valence electrons. The van der Waals surface area contributed by atoms with Crippen molar-refractivity contribution in [3.8, 4) is 5.75 Å². The zero-order chi connectivity index (χ0) is 20.9. The first-order valence-electron chi connectivity index (χ1n) is 9.17. The van der Waals surface area contributed by atoms with Crippen molar-refractivity contribution >= 4 is 44.8 Å². The summed E-state index contributed by atoms with van der Waals surface area (Å²) in [5.41, 5.74) is 6.17. The molecule has 0 fully saturated rings. The zero-order valence-corrected chi connectivity index (χ0v) is 17.3. The molecule has 1 heterocycles. The number of fused-ring (bicyclic) bond motifs is 1. The molecular weight excluding hydrogens is 420 g/mol. The minimum absolute atomic E-state index is 0.316. The molecular formula is C23H17ClN2O3S. The number of rotatable bonds is 5. The van der Waals surface area contributed by atoms with Gasteiger partial charge in [-0.15, -0.1) is 11.3 Å². The normalized spacial score (nSPS) is 10.6. The molecule has 0 bridgehead atoms. The molecule has 0 atom stereocenters. The summed E-state index contributed by atoms with van der Waals surface area (Å²) in [6, 6.07) is 24.0. The third-order valence-corrected chi connectivity index (χ3v) is 6.07. The second-order valence-electron chi connectivity index (χ2n) is 6.42. The van der Waals surface area contributed by atoms with E-state index in [2.05, 4.69) is 10.9 Å². The van der Waals surface area contributed by atoms with Crippen LogP contribution in [0.1, 0.15) is 25.6 Å². The maximum atomic E-state index is 12.6. The number of amides is 2. The van der Waals surface area contributed by atoms with Gasteiger partial charge in [0.25, 0.3) is 11.8 Å². The average Bonchev–Trinajstić information content (AvgIpc) is 3.13. The highest BCUT2D eigenvalue weighted by Gasteiger charge is 2.18. The SMILES string of the molecule is O=C(NNC(=O)c1sc2ccccc2c1Cl)c1ccccc1OCc1ccccc1. The van der Waals surface area contributed by atoms with Gasteiger partial charge in [0, 0.05) is 10.1 Å². The summed E-state index contributed by atoms with van der Waals surface area (Å²) in [5.74, 6) is -0.533. The van der Waals surface area contributed by atoms with Crippen molar-refractivity contribution in [2.24, 2.45) is 0 Å². The smallest absolute Gasteiger partial charge is 0.281 e. The predicted molar refractivity (Wildman–Crippen MR) is 119 cm³/mol. The van der Waals surface area contributed by atoms with E-state index in [0.29, 0.717) is 27.8 Å². The van der Waals surface area contributed by atoms with Crippen LogP contribution in [0.15, 0.2) is 78.9 Å². The molecule has 0 aliphatic rings. The Bertz CT molecular complexity index is 1210. The fourth-order valence-corrected chi connectivity index (χ4v) is 4.33. The Morgan fingerprint density at radius 2 is 1.50 bits per heavy atom. The molecule has 0 spiro atoms. The lowest BCUT2D eigenvalue weighted by molar-refractivity contribution is 0.0846. The summed E-state index contributed by atoms with van der Waals surface area (Å²) in [4.78, 5) is 25.5. The van der Waals surface area contributed by atoms with Crippen molar-refractivity contribution in [2.75, 3.05) is 0 Å². The van der Waals surface area contributed by atoms with Gasteiger partial charge in [0.15, 0.2) is 0 Å². The van der Waals surface area contributed by atoms with Crippen molar-refractivity contribution in [3.63, 3.8) is 0 Å². The summed E-state index contributed by atoms with van der Waals surface area (Å²) >= 11 is 7.59. The number of ether oxygens (including phenoxy) is 1. The summed E-state index contributed by atoms with van der Waals surface area (Å²) in [5, 5.41) is 1.18. The van der Waals surface area contributed by atoms with Crippen LogP contribution >= 0.6 is 22.9 Å². The standard InChI is InChI=1S/C23H17ClN2O3S/c24-20-17-11-5-7-13-19(17)30-21(20)23(28)26-25-22(27)16-10-4-6-12-18(16)29-14-15-8-2-1-3-9-15/h1-13H,14H2,(H,25,27)(H,26,28). The van der Waals surface area contributed by atoms with Crippen molar-refractivity contribution in [2.45, 2.75) is 6.61 Å². The molecule has 1 aromatic heterocycles. The highest BCUT2D eigenvalue weighted by Crippen LogP contribution is 2.34. The number of halogens is 1. The maximum absolute atomic E-state index is 12.6. The Morgan fingerprint density at radius 3 is 2.30 bits per heavy atom. The lowest BCUT2D eigenvalue weighted by atomic mass is 10.2. The van der Waals surface area contributed by atoms with Gasteiger partial charge in [-0.05, 0) is 23.8 Å². The minimum Gasteiger partial charge on any atom is -0.488 e. The van der Waals surface area contributed by atoms with Crippen LogP contribution in [-0.2, 0) is 6.61 Å². The van der Waals surface area contributed by atoms with E-state index in [-0.39, 0.29) is 0 Å². The van der Waals surface area contributed by atoms with Crippen LogP contribution in [0.3, 0.4) is 0 Å². The lowest BCUT2D eigenvalue weighted by Gasteiger charge is -2.12. The Kier molecular flexibility index (Phi) is 5.97. The third kappa shape index (κ3) is 4.30. The molecule has 7 heteroatoms. The Hall–Kier alpha value is -3.35. The molecule has 0 unspecified atom stereocenters. The molecule has 4 rings (SSSR count). The van der Waals surface area contributed by atoms with Crippen LogP contribution in [0.4, 0.5) is 0 Å². The number of hydrazine groups is 1. The number of benzene rings is 3. The van der Waals surface area contributed by atoms with Crippen molar-refractivity contribution in [1.29, 1.82) is 0 Å². The number of carbonyl (C=O) groups is 2. The summed E-state index contributed by atoms with van der Waals surface area (Å²) < 4.78 is 6.70. The monoisotopic (exact) mass is 436 g/mol. The molecule has 0 saturated carbocycles. The molecule has 5 nitrogen and oxygen atoms in total. The number of thiophene rings is 1. The molecule has 30 heavy (non-hydrogen) atoms. The number of hydrogen-bond donors (Lipinski definition) is 2. The predicted octanol–water partition coefficient (Wildman–Crippen LogP) is 5.21. The number of para-hydroxylation sites is 1. The first-order valence-corrected chi connectivity index (χ1v) is 10.4. The molecule has 3 aromatic carbocycles. The van der Waals surface area contributed by atoms with Gasteiger partial charge in [0.2, 0.25) is 0 Å². The largest absolute Gasteiger partial charge is 0.488 e. The second kappa shape index (κ2) is 8.98. The van der Waals surface area contributed by atoms with Crippen LogP contribution in [0, 0.1) is 0 Å². The van der Waals surface area contributed by atoms with Gasteiger partial charge in [0.1, 0.15) is 17.2 Å². The summed E-state index contributed by atoms with van der Waals surface area (Å²) in [6.45, 7) is 0.328. The minimum atomic E-state index is -0.482. The van der Waals surface area contributed by atoms with Crippen LogP contribution < -0.4 is 15.6 Å². The molecule has 0 saturated heterocycles. The summed E-state index contributed by atoms with van der Waals surface area (Å²) in [6.07, 6.45) is 0. The van der Waals surface area contributed by atoms with E-state index < -0.39 is 11.8 Å². The molecule has 0 radical (unpaired) electrons. The number of nitrogens with one attached hydrogen (secondary N) is 2. The first-order chi connectivity index (χ1) is 14.6. The van der Waals surface area contributed by atoms with Gasteiger partial charge >= 0.3 is 0 Å². The third-order valence-electron chi connectivity index (χ3n) is 4.40. The number of carbonyl (C=O) groups excluding carboxylic acids is 2. The summed E-state index contributed by atoms with van der Waals surface area (Å²) in [7, 11) is 0. The molecule has 2 N–H and O–H groups in total. The highest BCUT2D eigenvalue weighted by molar-refractivity contribution is 7.21. The quantitative estimate of drug-likeness (QED) is 0.422. The van der Waals surface area contributed by atoms with E-state index in [1.54, 1.807) is 24.3 Å². The van der Waals surface area contributed by atoms with Gasteiger partial charge in [-0.1, -0.05) is 72.3 Å². The Labute approximate surface area is 182 Å². The van der Waals surface area contributed by atoms with Crippen molar-refractivity contribution in [1.82, 2.24) is 10.9 Å². The van der Waals surface area contributed by atoms with E-state index >= 15 is 0 Å². The molecule has 2 amide bonds. The van der Waals surface area contributed by atoms with Crippen LogP contribution in [0.25, 0.3) is 10.1 Å². The zero-order valence-electron chi connectivity index (χ0n) is 15.7. The topological polar surface area (TPSA) is 67.4 Å². The van der Waals surface area contributed by atoms with Gasteiger partial charge < -0.3 is 4.74 Å². The molecule has 0 aliphatic heterocycles. The maximum Gasteiger partial charge on any atom is 0.281 e. The van der Waals surface area contributed by atoms with E-state index in [4.69, 9.17) is 16.3 Å². The fourth-order valence-electron chi connectivity index (χ4n) is 2.91. The second-order valence-corrected chi connectivity index (χ2v) is 7.85. The van der Waals surface area contributed by atoms with Gasteiger partial charge in [-0.2, -0.15) is 0 Å². The van der Waals surface area contributed by atoms with Gasteiger partial charge in [0.05, 0.1) is 10.6 Å². The van der Waals surface area contributed by atoms with E-state index in [0.717, 1.165) is 15.6 Å².